The van der Waals surface area contributed by atoms with Crippen molar-refractivity contribution >= 4 is 28.8 Å². The second-order valence-electron chi connectivity index (χ2n) is 7.91. The normalized spacial score (nSPS) is 13.8. The second kappa shape index (κ2) is 8.26. The van der Waals surface area contributed by atoms with Gasteiger partial charge in [-0.3, -0.25) is 4.79 Å². The molecular formula is C25H24N6O. The Morgan fingerprint density at radius 2 is 1.81 bits per heavy atom. The zero-order valence-electron chi connectivity index (χ0n) is 17.9. The summed E-state index contributed by atoms with van der Waals surface area (Å²) in [5.74, 6) is 0.864. The Bertz CT molecular complexity index is 1280. The number of nitrogens with one attached hydrogen (secondary N) is 1. The van der Waals surface area contributed by atoms with Gasteiger partial charge < -0.3 is 15.2 Å². The summed E-state index contributed by atoms with van der Waals surface area (Å²) in [6, 6.07) is 22.2. The molecular weight excluding hydrogens is 400 g/mol. The smallest absolute Gasteiger partial charge is 0.233 e. The van der Waals surface area contributed by atoms with Crippen LogP contribution in [0.1, 0.15) is 18.9 Å². The summed E-state index contributed by atoms with van der Waals surface area (Å²) in [6.07, 6.45) is 2.03. The number of rotatable bonds is 6. The summed E-state index contributed by atoms with van der Waals surface area (Å²) in [5.41, 5.74) is 5.15. The predicted molar refractivity (Wildman–Crippen MR) is 126 cm³/mol. The number of fused-ring (bicyclic) bond motifs is 1. The molecule has 7 heteroatoms. The molecule has 0 aliphatic carbocycles. The summed E-state index contributed by atoms with van der Waals surface area (Å²) < 4.78 is 1.87. The van der Waals surface area contributed by atoms with Gasteiger partial charge in [-0.2, -0.15) is 0 Å². The molecule has 32 heavy (non-hydrogen) atoms. The van der Waals surface area contributed by atoms with E-state index >= 15 is 0 Å². The van der Waals surface area contributed by atoms with Gasteiger partial charge in [0.25, 0.3) is 0 Å². The number of hydrogen-bond acceptors (Lipinski definition) is 5. The molecule has 3 heterocycles. The standard InChI is InChI=1S/C25H24N6O/c1-2-29(16-18-6-4-3-5-7-18)24-13-12-23-27-15-22(31(23)28-24)19-8-10-21(11-9-19)30-17-20(26)14-25(30)32/h3-13,15,26H,2,14,16-17H2,1H3. The predicted octanol–water partition coefficient (Wildman–Crippen LogP) is 4.18. The second-order valence-corrected chi connectivity index (χ2v) is 7.91. The summed E-state index contributed by atoms with van der Waals surface area (Å²) in [5, 5.41) is 12.6. The molecule has 1 aliphatic rings. The first-order valence-corrected chi connectivity index (χ1v) is 10.7. The Morgan fingerprint density at radius 1 is 1.03 bits per heavy atom. The minimum absolute atomic E-state index is 0.0260. The number of nitrogens with zero attached hydrogens (tertiary/aromatic N) is 5. The molecule has 1 saturated heterocycles. The zero-order chi connectivity index (χ0) is 22.1. The Kier molecular flexibility index (Phi) is 5.15. The maximum atomic E-state index is 12.1. The minimum Gasteiger partial charge on any atom is -0.351 e. The molecule has 5 rings (SSSR count). The highest BCUT2D eigenvalue weighted by Crippen LogP contribution is 2.26. The van der Waals surface area contributed by atoms with Crippen molar-refractivity contribution in [3.8, 4) is 11.3 Å². The number of anilines is 2. The fraction of sp³-hybridized carbons (Fsp3) is 0.200. The third-order valence-electron chi connectivity index (χ3n) is 5.76. The topological polar surface area (TPSA) is 77.6 Å². The maximum Gasteiger partial charge on any atom is 0.233 e. The molecule has 0 saturated carbocycles. The first-order chi connectivity index (χ1) is 15.6. The lowest BCUT2D eigenvalue weighted by molar-refractivity contribution is -0.116. The molecule has 160 valence electrons. The lowest BCUT2D eigenvalue weighted by Crippen LogP contribution is -2.24. The van der Waals surface area contributed by atoms with Gasteiger partial charge in [0.05, 0.1) is 24.9 Å². The number of hydrogen-bond donors (Lipinski definition) is 1. The van der Waals surface area contributed by atoms with Crippen LogP contribution in [-0.4, -0.2) is 39.3 Å². The highest BCUT2D eigenvalue weighted by Gasteiger charge is 2.26. The van der Waals surface area contributed by atoms with Gasteiger partial charge in [-0.1, -0.05) is 42.5 Å². The molecule has 0 atom stereocenters. The summed E-state index contributed by atoms with van der Waals surface area (Å²) in [7, 11) is 0. The van der Waals surface area contributed by atoms with E-state index in [1.165, 1.54) is 5.56 Å². The molecule has 1 fully saturated rings. The van der Waals surface area contributed by atoms with Gasteiger partial charge in [0, 0.05) is 30.1 Å². The molecule has 2 aromatic carbocycles. The van der Waals surface area contributed by atoms with Crippen LogP contribution in [0.25, 0.3) is 16.9 Å². The maximum absolute atomic E-state index is 12.1. The van der Waals surface area contributed by atoms with Crippen molar-refractivity contribution in [1.82, 2.24) is 14.6 Å². The molecule has 1 amide bonds. The molecule has 0 radical (unpaired) electrons. The summed E-state index contributed by atoms with van der Waals surface area (Å²) in [4.78, 5) is 20.5. The fourth-order valence-corrected chi connectivity index (χ4v) is 4.05. The molecule has 1 N–H and O–H groups in total. The molecule has 1 aliphatic heterocycles. The average Bonchev–Trinajstić information content (AvgIpc) is 3.40. The summed E-state index contributed by atoms with van der Waals surface area (Å²) >= 11 is 0. The van der Waals surface area contributed by atoms with Gasteiger partial charge in [-0.05, 0) is 36.8 Å². The Morgan fingerprint density at radius 3 is 2.50 bits per heavy atom. The van der Waals surface area contributed by atoms with Gasteiger partial charge in [0.15, 0.2) is 5.65 Å². The van der Waals surface area contributed by atoms with Crippen LogP contribution in [0.4, 0.5) is 11.5 Å². The molecule has 0 bridgehead atoms. The number of amides is 1. The van der Waals surface area contributed by atoms with Crippen molar-refractivity contribution in [3.63, 3.8) is 0 Å². The van der Waals surface area contributed by atoms with E-state index in [4.69, 9.17) is 10.5 Å². The minimum atomic E-state index is -0.0260. The van der Waals surface area contributed by atoms with Crippen LogP contribution in [0, 0.1) is 5.41 Å². The van der Waals surface area contributed by atoms with Crippen molar-refractivity contribution in [2.24, 2.45) is 0 Å². The Hall–Kier alpha value is -4.00. The van der Waals surface area contributed by atoms with Crippen LogP contribution in [0.3, 0.4) is 0 Å². The third kappa shape index (κ3) is 3.73. The number of imidazole rings is 1. The van der Waals surface area contributed by atoms with Gasteiger partial charge >= 0.3 is 0 Å². The Balaban J connectivity index is 1.45. The van der Waals surface area contributed by atoms with E-state index in [1.807, 2.05) is 53.2 Å². The van der Waals surface area contributed by atoms with E-state index in [1.54, 1.807) is 4.90 Å². The SMILES string of the molecule is CCN(Cc1ccccc1)c1ccc2ncc(-c3ccc(N4CC(=N)CC4=O)cc3)n2n1. The number of carbonyl (C=O) groups excluding carboxylic acids is 1. The molecule has 7 nitrogen and oxygen atoms in total. The summed E-state index contributed by atoms with van der Waals surface area (Å²) in [6.45, 7) is 4.12. The van der Waals surface area contributed by atoms with Crippen LogP contribution < -0.4 is 9.80 Å². The number of carbonyl (C=O) groups is 1. The van der Waals surface area contributed by atoms with Gasteiger partial charge in [-0.15, -0.1) is 5.10 Å². The molecule has 0 spiro atoms. The first kappa shape index (κ1) is 19.9. The van der Waals surface area contributed by atoms with E-state index in [9.17, 15) is 4.79 Å². The first-order valence-electron chi connectivity index (χ1n) is 10.7. The van der Waals surface area contributed by atoms with Crippen molar-refractivity contribution in [2.45, 2.75) is 19.9 Å². The quantitative estimate of drug-likeness (QED) is 0.504. The van der Waals surface area contributed by atoms with E-state index in [2.05, 4.69) is 41.1 Å². The lowest BCUT2D eigenvalue weighted by Gasteiger charge is -2.22. The monoisotopic (exact) mass is 424 g/mol. The van der Waals surface area contributed by atoms with E-state index in [-0.39, 0.29) is 12.3 Å². The van der Waals surface area contributed by atoms with Gasteiger partial charge in [0.2, 0.25) is 5.91 Å². The molecule has 4 aromatic rings. The van der Waals surface area contributed by atoms with Crippen molar-refractivity contribution in [1.29, 1.82) is 5.41 Å². The zero-order valence-corrected chi connectivity index (χ0v) is 17.9. The van der Waals surface area contributed by atoms with Crippen molar-refractivity contribution in [2.75, 3.05) is 22.9 Å². The largest absolute Gasteiger partial charge is 0.351 e. The van der Waals surface area contributed by atoms with Crippen LogP contribution in [0.5, 0.6) is 0 Å². The van der Waals surface area contributed by atoms with E-state index in [0.717, 1.165) is 41.5 Å². The van der Waals surface area contributed by atoms with E-state index < -0.39 is 0 Å². The van der Waals surface area contributed by atoms with Gasteiger partial charge in [-0.25, -0.2) is 9.50 Å². The van der Waals surface area contributed by atoms with Crippen LogP contribution in [-0.2, 0) is 11.3 Å². The van der Waals surface area contributed by atoms with Crippen LogP contribution in [0.2, 0.25) is 0 Å². The van der Waals surface area contributed by atoms with Crippen LogP contribution in [0.15, 0.2) is 72.9 Å². The van der Waals surface area contributed by atoms with Crippen molar-refractivity contribution < 1.29 is 4.79 Å². The van der Waals surface area contributed by atoms with Gasteiger partial charge in [0.1, 0.15) is 5.82 Å². The van der Waals surface area contributed by atoms with Crippen molar-refractivity contribution in [3.05, 3.63) is 78.5 Å². The Labute approximate surface area is 186 Å². The lowest BCUT2D eigenvalue weighted by atomic mass is 10.1. The highest BCUT2D eigenvalue weighted by atomic mass is 16.2. The van der Waals surface area contributed by atoms with E-state index in [0.29, 0.717) is 12.3 Å². The van der Waals surface area contributed by atoms with Crippen LogP contribution >= 0.6 is 0 Å². The number of aromatic nitrogens is 3. The molecule has 2 aromatic heterocycles. The molecule has 0 unspecified atom stereocenters. The highest BCUT2D eigenvalue weighted by molar-refractivity contribution is 6.16. The average molecular weight is 425 g/mol. The fourth-order valence-electron chi connectivity index (χ4n) is 4.05. The number of benzene rings is 2. The third-order valence-corrected chi connectivity index (χ3v) is 5.76.